The summed E-state index contributed by atoms with van der Waals surface area (Å²) in [5.41, 5.74) is 2.14. The maximum Gasteiger partial charge on any atom is 0.256 e. The first-order valence-corrected chi connectivity index (χ1v) is 8.48. The second kappa shape index (κ2) is 7.97. The number of Topliss-reactive ketones (excluding diaryl/α,β-unsaturated/α-hetero) is 1. The molecule has 1 aromatic heterocycles. The molecule has 0 fully saturated rings. The SMILES string of the molecule is CCCC(=O)Nc1ccc(C(=O)CSc2nc(C)c(C)o2)cc1. The first-order chi connectivity index (χ1) is 11.0. The fraction of sp³-hybridized carbons (Fsp3) is 0.353. The van der Waals surface area contributed by atoms with Crippen molar-refractivity contribution in [3.63, 3.8) is 0 Å². The number of benzene rings is 1. The van der Waals surface area contributed by atoms with Gasteiger partial charge in [-0.3, -0.25) is 9.59 Å². The highest BCUT2D eigenvalue weighted by Gasteiger charge is 2.11. The van der Waals surface area contributed by atoms with E-state index in [0.29, 0.717) is 22.9 Å². The van der Waals surface area contributed by atoms with Crippen molar-refractivity contribution in [1.29, 1.82) is 0 Å². The standard InChI is InChI=1S/C17H20N2O3S/c1-4-5-16(21)19-14-8-6-13(7-9-14)15(20)10-23-17-18-11(2)12(3)22-17/h6-9H,4-5,10H2,1-3H3,(H,19,21). The van der Waals surface area contributed by atoms with Gasteiger partial charge in [-0.05, 0) is 44.5 Å². The average molecular weight is 332 g/mol. The van der Waals surface area contributed by atoms with E-state index >= 15 is 0 Å². The number of nitrogens with one attached hydrogen (secondary N) is 1. The van der Waals surface area contributed by atoms with Crippen LogP contribution >= 0.6 is 11.8 Å². The number of oxazole rings is 1. The molecular weight excluding hydrogens is 312 g/mol. The predicted molar refractivity (Wildman–Crippen MR) is 91.0 cm³/mol. The topological polar surface area (TPSA) is 72.2 Å². The van der Waals surface area contributed by atoms with E-state index in [-0.39, 0.29) is 17.4 Å². The summed E-state index contributed by atoms with van der Waals surface area (Å²) in [5, 5.41) is 3.31. The zero-order valence-electron chi connectivity index (χ0n) is 13.5. The van der Waals surface area contributed by atoms with Crippen molar-refractivity contribution >= 4 is 29.1 Å². The van der Waals surface area contributed by atoms with Crippen LogP contribution in [0.4, 0.5) is 5.69 Å². The number of hydrogen-bond donors (Lipinski definition) is 1. The molecule has 1 amide bonds. The zero-order valence-corrected chi connectivity index (χ0v) is 14.3. The number of anilines is 1. The number of thioether (sulfide) groups is 1. The molecule has 1 heterocycles. The molecule has 0 bridgehead atoms. The molecule has 0 aliphatic heterocycles. The normalized spacial score (nSPS) is 10.6. The van der Waals surface area contributed by atoms with Crippen LogP contribution in [0.5, 0.6) is 0 Å². The molecule has 1 N–H and O–H groups in total. The van der Waals surface area contributed by atoms with E-state index in [1.807, 2.05) is 20.8 Å². The van der Waals surface area contributed by atoms with Gasteiger partial charge in [0, 0.05) is 17.7 Å². The molecule has 1 aromatic carbocycles. The molecule has 122 valence electrons. The molecular formula is C17H20N2O3S. The third kappa shape index (κ3) is 4.96. The van der Waals surface area contributed by atoms with Crippen molar-refractivity contribution < 1.29 is 14.0 Å². The maximum atomic E-state index is 12.2. The number of nitrogens with zero attached hydrogens (tertiary/aromatic N) is 1. The van der Waals surface area contributed by atoms with Gasteiger partial charge in [0.15, 0.2) is 5.78 Å². The lowest BCUT2D eigenvalue weighted by molar-refractivity contribution is -0.116. The lowest BCUT2D eigenvalue weighted by Gasteiger charge is -2.05. The van der Waals surface area contributed by atoms with Gasteiger partial charge >= 0.3 is 0 Å². The molecule has 0 saturated heterocycles. The quantitative estimate of drug-likeness (QED) is 0.613. The van der Waals surface area contributed by atoms with Crippen LogP contribution in [0.25, 0.3) is 0 Å². The third-order valence-electron chi connectivity index (χ3n) is 3.30. The monoisotopic (exact) mass is 332 g/mol. The number of carbonyl (C=O) groups is 2. The van der Waals surface area contributed by atoms with Gasteiger partial charge in [0.05, 0.1) is 11.4 Å². The Kier molecular flexibility index (Phi) is 5.98. The molecule has 0 saturated carbocycles. The lowest BCUT2D eigenvalue weighted by Crippen LogP contribution is -2.10. The first kappa shape index (κ1) is 17.3. The minimum atomic E-state index is -0.0169. The number of ketones is 1. The Hall–Kier alpha value is -2.08. The van der Waals surface area contributed by atoms with Gasteiger partial charge in [-0.1, -0.05) is 18.7 Å². The summed E-state index contributed by atoms with van der Waals surface area (Å²) in [6.45, 7) is 5.67. The van der Waals surface area contributed by atoms with Crippen molar-refractivity contribution in [2.24, 2.45) is 0 Å². The summed E-state index contributed by atoms with van der Waals surface area (Å²) in [6, 6.07) is 6.92. The van der Waals surface area contributed by atoms with E-state index in [9.17, 15) is 9.59 Å². The van der Waals surface area contributed by atoms with Gasteiger partial charge < -0.3 is 9.73 Å². The van der Waals surface area contributed by atoms with Crippen LogP contribution in [0.2, 0.25) is 0 Å². The molecule has 2 aromatic rings. The van der Waals surface area contributed by atoms with Crippen LogP contribution in [0.15, 0.2) is 33.9 Å². The van der Waals surface area contributed by atoms with Crippen LogP contribution in [0.1, 0.15) is 41.6 Å². The number of aromatic nitrogens is 1. The van der Waals surface area contributed by atoms with Crippen molar-refractivity contribution in [1.82, 2.24) is 4.98 Å². The molecule has 0 atom stereocenters. The zero-order chi connectivity index (χ0) is 16.8. The Morgan fingerprint density at radius 2 is 1.91 bits per heavy atom. The number of carbonyl (C=O) groups excluding carboxylic acids is 2. The van der Waals surface area contributed by atoms with E-state index in [1.54, 1.807) is 24.3 Å². The molecule has 0 unspecified atom stereocenters. The lowest BCUT2D eigenvalue weighted by atomic mass is 10.1. The highest BCUT2D eigenvalue weighted by atomic mass is 32.2. The summed E-state index contributed by atoms with van der Waals surface area (Å²) in [5.74, 6) is 1.01. The van der Waals surface area contributed by atoms with Crippen LogP contribution in [-0.2, 0) is 4.79 Å². The minimum Gasteiger partial charge on any atom is -0.437 e. The average Bonchev–Trinajstić information content (AvgIpc) is 2.84. The van der Waals surface area contributed by atoms with Crippen molar-refractivity contribution in [2.45, 2.75) is 38.8 Å². The van der Waals surface area contributed by atoms with Gasteiger partial charge in [-0.25, -0.2) is 4.98 Å². The summed E-state index contributed by atoms with van der Waals surface area (Å²) in [6.07, 6.45) is 1.30. The third-order valence-corrected chi connectivity index (χ3v) is 4.13. The number of rotatable bonds is 7. The summed E-state index contributed by atoms with van der Waals surface area (Å²) < 4.78 is 5.44. The summed E-state index contributed by atoms with van der Waals surface area (Å²) >= 11 is 1.28. The van der Waals surface area contributed by atoms with Crippen molar-refractivity contribution in [2.75, 3.05) is 11.1 Å². The van der Waals surface area contributed by atoms with Gasteiger partial charge in [0.25, 0.3) is 5.22 Å². The Morgan fingerprint density at radius 1 is 1.22 bits per heavy atom. The van der Waals surface area contributed by atoms with E-state index in [1.165, 1.54) is 11.8 Å². The maximum absolute atomic E-state index is 12.2. The Bertz CT molecular complexity index is 673. The molecule has 6 heteroatoms. The largest absolute Gasteiger partial charge is 0.437 e. The van der Waals surface area contributed by atoms with E-state index in [0.717, 1.165) is 17.9 Å². The van der Waals surface area contributed by atoms with Crippen molar-refractivity contribution in [3.05, 3.63) is 41.3 Å². The number of hydrogen-bond acceptors (Lipinski definition) is 5. The molecule has 0 aliphatic carbocycles. The number of aryl methyl sites for hydroxylation is 2. The fourth-order valence-electron chi connectivity index (χ4n) is 1.91. The van der Waals surface area contributed by atoms with E-state index < -0.39 is 0 Å². The van der Waals surface area contributed by atoms with Gasteiger partial charge in [0.2, 0.25) is 5.91 Å². The highest BCUT2D eigenvalue weighted by molar-refractivity contribution is 7.99. The summed E-state index contributed by atoms with van der Waals surface area (Å²) in [7, 11) is 0. The number of amides is 1. The van der Waals surface area contributed by atoms with Crippen LogP contribution in [0, 0.1) is 13.8 Å². The van der Waals surface area contributed by atoms with Crippen LogP contribution in [0.3, 0.4) is 0 Å². The molecule has 0 radical (unpaired) electrons. The first-order valence-electron chi connectivity index (χ1n) is 7.49. The summed E-state index contributed by atoms with van der Waals surface area (Å²) in [4.78, 5) is 27.9. The highest BCUT2D eigenvalue weighted by Crippen LogP contribution is 2.21. The fourth-order valence-corrected chi connectivity index (χ4v) is 2.71. The van der Waals surface area contributed by atoms with Gasteiger partial charge in [-0.15, -0.1) is 0 Å². The van der Waals surface area contributed by atoms with Crippen LogP contribution in [-0.4, -0.2) is 22.4 Å². The molecule has 0 spiro atoms. The second-order valence-corrected chi connectivity index (χ2v) is 6.14. The molecule has 0 aliphatic rings. The van der Waals surface area contributed by atoms with E-state index in [4.69, 9.17) is 4.42 Å². The van der Waals surface area contributed by atoms with Crippen LogP contribution < -0.4 is 5.32 Å². The van der Waals surface area contributed by atoms with E-state index in [2.05, 4.69) is 10.3 Å². The molecule has 5 nitrogen and oxygen atoms in total. The minimum absolute atomic E-state index is 0.00468. The Morgan fingerprint density at radius 3 is 2.48 bits per heavy atom. The Balaban J connectivity index is 1.90. The van der Waals surface area contributed by atoms with Gasteiger partial charge in [0.1, 0.15) is 5.76 Å². The van der Waals surface area contributed by atoms with Crippen molar-refractivity contribution in [3.8, 4) is 0 Å². The predicted octanol–water partition coefficient (Wildman–Crippen LogP) is 4.01. The molecule has 2 rings (SSSR count). The Labute approximate surface area is 139 Å². The second-order valence-electron chi connectivity index (χ2n) is 5.21. The molecule has 23 heavy (non-hydrogen) atoms. The van der Waals surface area contributed by atoms with Gasteiger partial charge in [-0.2, -0.15) is 0 Å². The smallest absolute Gasteiger partial charge is 0.256 e.